The Morgan fingerprint density at radius 3 is 2.57 bits per heavy atom. The fraction of sp³-hybridized carbons (Fsp3) is 0.400. The van der Waals surface area contributed by atoms with Gasteiger partial charge in [-0.25, -0.2) is 0 Å². The monoisotopic (exact) mass is 227 g/mol. The summed E-state index contributed by atoms with van der Waals surface area (Å²) >= 11 is -2.62. The number of nitrogens with zero attached hydrogens (tertiary/aromatic N) is 3. The van der Waals surface area contributed by atoms with Gasteiger partial charge in [0.15, 0.2) is 0 Å². The summed E-state index contributed by atoms with van der Waals surface area (Å²) in [4.78, 5) is 9.11. The van der Waals surface area contributed by atoms with Crippen molar-refractivity contribution < 1.29 is 43.2 Å². The Balaban J connectivity index is 0.00000169. The van der Waals surface area contributed by atoms with Gasteiger partial charge in [-0.2, -0.15) is 4.68 Å². The average Bonchev–Trinajstić information content (AvgIpc) is 2.47. The molecule has 1 atom stereocenters. The molecule has 9 heteroatoms. The van der Waals surface area contributed by atoms with Crippen LogP contribution in [-0.2, 0) is 17.6 Å². The molecule has 1 aromatic rings. The van der Waals surface area contributed by atoms with E-state index in [1.54, 1.807) is 6.92 Å². The van der Waals surface area contributed by atoms with Crippen molar-refractivity contribution in [2.24, 2.45) is 0 Å². The van der Waals surface area contributed by atoms with E-state index in [1.807, 2.05) is 0 Å². The molecule has 0 amide bonds. The maximum absolute atomic E-state index is 10.5. The van der Waals surface area contributed by atoms with Crippen LogP contribution >= 0.6 is 0 Å². The third-order valence-electron chi connectivity index (χ3n) is 1.39. The summed E-state index contributed by atoms with van der Waals surface area (Å²) in [5.74, 6) is -0.629. The molecule has 0 aliphatic carbocycles. The quantitative estimate of drug-likeness (QED) is 0.238. The summed E-state index contributed by atoms with van der Waals surface area (Å²) in [6.07, 6.45) is 1.13. The van der Waals surface area contributed by atoms with Gasteiger partial charge in [0.2, 0.25) is 0 Å². The van der Waals surface area contributed by atoms with Crippen LogP contribution in [0.15, 0.2) is 11.1 Å². The molecule has 0 aromatic carbocycles. The van der Waals surface area contributed by atoms with Crippen LogP contribution in [0, 0.1) is 10.1 Å². The molecule has 7 nitrogen and oxygen atoms in total. The first kappa shape index (κ1) is 13.7. The smallest absolute Gasteiger partial charge is 0.768 e. The summed E-state index contributed by atoms with van der Waals surface area (Å²) in [6, 6.07) is 0. The molecule has 0 saturated carbocycles. The van der Waals surface area contributed by atoms with Gasteiger partial charge in [0, 0.05) is 0 Å². The Labute approximate surface area is 104 Å². The van der Waals surface area contributed by atoms with E-state index in [1.165, 1.54) is 4.68 Å². The van der Waals surface area contributed by atoms with Crippen molar-refractivity contribution in [1.29, 1.82) is 0 Å². The minimum Gasteiger partial charge on any atom is -0.768 e. The maximum atomic E-state index is 10.5. The Morgan fingerprint density at radius 2 is 2.29 bits per heavy atom. The van der Waals surface area contributed by atoms with Crippen LogP contribution in [0.4, 0.5) is 5.82 Å². The van der Waals surface area contributed by atoms with Crippen molar-refractivity contribution >= 4 is 16.9 Å². The van der Waals surface area contributed by atoms with Crippen LogP contribution < -0.4 is 29.6 Å². The number of aromatic nitrogens is 2. The van der Waals surface area contributed by atoms with E-state index in [-0.39, 0.29) is 34.5 Å². The Kier molecular flexibility index (Phi) is 5.45. The molecule has 14 heavy (non-hydrogen) atoms. The van der Waals surface area contributed by atoms with Crippen molar-refractivity contribution in [3.05, 3.63) is 16.3 Å². The standard InChI is InChI=1S/C5H7N3O4S.Na/c1-2-7-3-4(13(11)12)5(6-7)8(9)10;/h3H,2H2,1H3,(H,11,12);/q;+1/p-1. The van der Waals surface area contributed by atoms with Gasteiger partial charge in [-0.1, -0.05) is 0 Å². The second-order valence-electron chi connectivity index (χ2n) is 2.16. The maximum Gasteiger partial charge on any atom is 1.00 e. The average molecular weight is 227 g/mol. The van der Waals surface area contributed by atoms with Gasteiger partial charge in [0.1, 0.15) is 4.90 Å². The van der Waals surface area contributed by atoms with E-state index in [4.69, 9.17) is 0 Å². The van der Waals surface area contributed by atoms with Gasteiger partial charge in [-0.05, 0) is 22.9 Å². The van der Waals surface area contributed by atoms with Crippen LogP contribution in [0.25, 0.3) is 0 Å². The van der Waals surface area contributed by atoms with E-state index >= 15 is 0 Å². The first-order valence-electron chi connectivity index (χ1n) is 3.37. The molecular formula is C5H6N3NaO4S. The van der Waals surface area contributed by atoms with Crippen LogP contribution in [0.3, 0.4) is 0 Å². The Morgan fingerprint density at radius 1 is 1.71 bits per heavy atom. The first-order valence-corrected chi connectivity index (χ1v) is 4.44. The molecule has 0 fully saturated rings. The summed E-state index contributed by atoms with van der Waals surface area (Å²) in [6.45, 7) is 2.09. The van der Waals surface area contributed by atoms with Crippen molar-refractivity contribution in [1.82, 2.24) is 9.78 Å². The second-order valence-corrected chi connectivity index (χ2v) is 3.07. The van der Waals surface area contributed by atoms with Crippen LogP contribution in [-0.4, -0.2) is 23.5 Å². The third kappa shape index (κ3) is 2.85. The number of hydrogen-bond acceptors (Lipinski definition) is 5. The molecule has 0 saturated heterocycles. The van der Waals surface area contributed by atoms with E-state index < -0.39 is 21.8 Å². The predicted octanol–water partition coefficient (Wildman–Crippen LogP) is -2.95. The minimum atomic E-state index is -2.62. The van der Waals surface area contributed by atoms with Crippen molar-refractivity contribution in [3.8, 4) is 0 Å². The summed E-state index contributed by atoms with van der Waals surface area (Å²) < 4.78 is 22.2. The minimum absolute atomic E-state index is 0. The molecule has 0 N–H and O–H groups in total. The number of hydrogen-bond donors (Lipinski definition) is 0. The second kappa shape index (κ2) is 5.56. The zero-order valence-electron chi connectivity index (χ0n) is 7.67. The van der Waals surface area contributed by atoms with Gasteiger partial charge < -0.3 is 14.7 Å². The van der Waals surface area contributed by atoms with Crippen molar-refractivity contribution in [2.45, 2.75) is 18.4 Å². The number of aryl methyl sites for hydroxylation is 1. The SMILES string of the molecule is CCn1cc(S(=O)[O-])c([N+](=O)[O-])n1.[Na+]. The zero-order chi connectivity index (χ0) is 10.0. The predicted molar refractivity (Wildman–Crippen MR) is 41.7 cm³/mol. The van der Waals surface area contributed by atoms with Gasteiger partial charge in [0.05, 0.1) is 17.8 Å². The van der Waals surface area contributed by atoms with E-state index in [9.17, 15) is 18.9 Å². The molecule has 0 bridgehead atoms. The Bertz CT molecular complexity index is 334. The van der Waals surface area contributed by atoms with Crippen LogP contribution in [0.2, 0.25) is 0 Å². The molecule has 0 aliphatic rings. The van der Waals surface area contributed by atoms with Gasteiger partial charge in [0.25, 0.3) is 0 Å². The summed E-state index contributed by atoms with van der Waals surface area (Å²) in [5.41, 5.74) is 0. The van der Waals surface area contributed by atoms with Gasteiger partial charge in [-0.15, -0.1) is 0 Å². The molecule has 1 aromatic heterocycles. The fourth-order valence-corrected chi connectivity index (χ4v) is 1.27. The first-order chi connectivity index (χ1) is 6.06. The Hall–Kier alpha value is -0.280. The van der Waals surface area contributed by atoms with Gasteiger partial charge >= 0.3 is 35.4 Å². The zero-order valence-corrected chi connectivity index (χ0v) is 10.5. The third-order valence-corrected chi connectivity index (χ3v) is 2.03. The molecule has 72 valence electrons. The van der Waals surface area contributed by atoms with E-state index in [2.05, 4.69) is 5.10 Å². The van der Waals surface area contributed by atoms with Crippen LogP contribution in [0.5, 0.6) is 0 Å². The molecule has 1 unspecified atom stereocenters. The topological polar surface area (TPSA) is 101 Å². The molecular weight excluding hydrogens is 221 g/mol. The number of nitro groups is 1. The molecule has 0 radical (unpaired) electrons. The van der Waals surface area contributed by atoms with E-state index in [0.29, 0.717) is 6.54 Å². The van der Waals surface area contributed by atoms with Crippen molar-refractivity contribution in [2.75, 3.05) is 0 Å². The van der Waals surface area contributed by atoms with Gasteiger partial charge in [-0.3, -0.25) is 4.21 Å². The summed E-state index contributed by atoms with van der Waals surface area (Å²) in [5, 5.41) is 13.8. The van der Waals surface area contributed by atoms with E-state index in [0.717, 1.165) is 6.20 Å². The molecule has 0 aliphatic heterocycles. The van der Waals surface area contributed by atoms with Crippen LogP contribution in [0.1, 0.15) is 6.92 Å². The normalized spacial score (nSPS) is 11.9. The fourth-order valence-electron chi connectivity index (χ4n) is 0.799. The largest absolute Gasteiger partial charge is 1.00 e. The molecule has 1 rings (SSSR count). The molecule has 1 heterocycles. The summed E-state index contributed by atoms with van der Waals surface area (Å²) in [7, 11) is 0. The number of rotatable bonds is 3. The van der Waals surface area contributed by atoms with Crippen molar-refractivity contribution in [3.63, 3.8) is 0 Å². The molecule has 0 spiro atoms.